The molecule has 0 N–H and O–H groups in total. The molecule has 0 saturated carbocycles. The Labute approximate surface area is 263 Å². The first kappa shape index (κ1) is 26.0. The van der Waals surface area contributed by atoms with Crippen molar-refractivity contribution in [3.63, 3.8) is 0 Å². The third-order valence-corrected chi connectivity index (χ3v) is 9.81. The fraction of sp³-hybridized carbons (Fsp3) is 0.0667. The lowest BCUT2D eigenvalue weighted by Gasteiger charge is -2.20. The van der Waals surface area contributed by atoms with Crippen molar-refractivity contribution in [3.8, 4) is 33.4 Å². The zero-order valence-electron chi connectivity index (χ0n) is 25.8. The van der Waals surface area contributed by atoms with Crippen molar-refractivity contribution in [2.24, 2.45) is 0 Å². The molecule has 0 radical (unpaired) electrons. The van der Waals surface area contributed by atoms with Gasteiger partial charge in [0.05, 0.1) is 0 Å². The molecule has 0 heteroatoms. The molecule has 0 aromatic heterocycles. The first-order chi connectivity index (χ1) is 22.0. The molecular weight excluding hydrogens is 540 g/mol. The second-order valence-electron chi connectivity index (χ2n) is 12.7. The van der Waals surface area contributed by atoms with E-state index in [0.29, 0.717) is 0 Å². The number of hydrogen-bond acceptors (Lipinski definition) is 0. The van der Waals surface area contributed by atoms with Crippen molar-refractivity contribution < 1.29 is 0 Å². The predicted octanol–water partition coefficient (Wildman–Crippen LogP) is 12.8. The Morgan fingerprint density at radius 3 is 1.44 bits per heavy atom. The van der Waals surface area contributed by atoms with E-state index in [1.165, 1.54) is 104 Å². The second-order valence-corrected chi connectivity index (χ2v) is 12.7. The van der Waals surface area contributed by atoms with Crippen molar-refractivity contribution in [3.05, 3.63) is 156 Å². The molecule has 0 fully saturated rings. The Balaban J connectivity index is 1.33. The summed E-state index contributed by atoms with van der Waals surface area (Å²) in [4.78, 5) is 0. The van der Waals surface area contributed by atoms with E-state index in [9.17, 15) is 0 Å². The van der Waals surface area contributed by atoms with E-state index < -0.39 is 0 Å². The summed E-state index contributed by atoms with van der Waals surface area (Å²) < 4.78 is 0. The highest BCUT2D eigenvalue weighted by molar-refractivity contribution is 6.29. The maximum Gasteiger partial charge on any atom is -0.00201 e. The molecule has 0 bridgehead atoms. The SMILES string of the molecule is Cc1cc(C)cc(-c2ccc(-c3c4ccccc4c(-c4ccc5ccc6c(C)ccc7ccc4c5c76)c4ccccc34)cc2)c1. The molecule has 0 saturated heterocycles. The molecule has 0 nitrogen and oxygen atoms in total. The van der Waals surface area contributed by atoms with Gasteiger partial charge in [-0.05, 0) is 114 Å². The minimum absolute atomic E-state index is 1.24. The Morgan fingerprint density at radius 1 is 0.333 bits per heavy atom. The van der Waals surface area contributed by atoms with E-state index in [2.05, 4.69) is 160 Å². The van der Waals surface area contributed by atoms with Crippen molar-refractivity contribution in [1.82, 2.24) is 0 Å². The largest absolute Gasteiger partial charge is 0.0616 e. The lowest BCUT2D eigenvalue weighted by Crippen LogP contribution is -1.93. The van der Waals surface area contributed by atoms with Gasteiger partial charge in [-0.1, -0.05) is 151 Å². The van der Waals surface area contributed by atoms with Gasteiger partial charge < -0.3 is 0 Å². The van der Waals surface area contributed by atoms with Crippen LogP contribution in [0.5, 0.6) is 0 Å². The molecule has 0 aliphatic heterocycles. The summed E-state index contributed by atoms with van der Waals surface area (Å²) >= 11 is 0. The third kappa shape index (κ3) is 3.92. The maximum absolute atomic E-state index is 2.35. The van der Waals surface area contributed by atoms with Crippen molar-refractivity contribution in [2.75, 3.05) is 0 Å². The van der Waals surface area contributed by atoms with Crippen molar-refractivity contribution in [2.45, 2.75) is 20.8 Å². The fourth-order valence-corrected chi connectivity index (χ4v) is 7.87. The third-order valence-electron chi connectivity index (χ3n) is 9.81. The molecule has 0 aliphatic carbocycles. The summed E-state index contributed by atoms with van der Waals surface area (Å²) in [7, 11) is 0. The highest BCUT2D eigenvalue weighted by atomic mass is 14.2. The van der Waals surface area contributed by atoms with Crippen LogP contribution in [-0.2, 0) is 0 Å². The van der Waals surface area contributed by atoms with Crippen LogP contribution in [0.2, 0.25) is 0 Å². The molecule has 9 rings (SSSR count). The van der Waals surface area contributed by atoms with E-state index >= 15 is 0 Å². The van der Waals surface area contributed by atoms with Crippen LogP contribution >= 0.6 is 0 Å². The van der Waals surface area contributed by atoms with E-state index in [1.54, 1.807) is 0 Å². The average Bonchev–Trinajstić information content (AvgIpc) is 3.06. The molecular formula is C45H32. The van der Waals surface area contributed by atoms with E-state index in [1.807, 2.05) is 0 Å². The summed E-state index contributed by atoms with van der Waals surface area (Å²) in [5, 5.41) is 13.2. The van der Waals surface area contributed by atoms with Gasteiger partial charge in [-0.3, -0.25) is 0 Å². The van der Waals surface area contributed by atoms with Crippen LogP contribution in [0.25, 0.3) is 87.2 Å². The summed E-state index contributed by atoms with van der Waals surface area (Å²) in [6, 6.07) is 52.4. The lowest BCUT2D eigenvalue weighted by molar-refractivity contribution is 1.38. The maximum atomic E-state index is 2.35. The van der Waals surface area contributed by atoms with Crippen LogP contribution in [0.4, 0.5) is 0 Å². The zero-order valence-corrected chi connectivity index (χ0v) is 25.8. The van der Waals surface area contributed by atoms with Crippen molar-refractivity contribution >= 4 is 53.9 Å². The summed E-state index contributed by atoms with van der Waals surface area (Å²) in [5.41, 5.74) is 11.6. The van der Waals surface area contributed by atoms with Gasteiger partial charge in [0, 0.05) is 0 Å². The summed E-state index contributed by atoms with van der Waals surface area (Å²) in [6.45, 7) is 6.57. The Hall–Kier alpha value is -5.46. The first-order valence-corrected chi connectivity index (χ1v) is 15.9. The lowest BCUT2D eigenvalue weighted by atomic mass is 9.83. The summed E-state index contributed by atoms with van der Waals surface area (Å²) in [5.74, 6) is 0. The van der Waals surface area contributed by atoms with Gasteiger partial charge in [0.15, 0.2) is 0 Å². The standard InChI is InChI=1S/C45H32/c1-27-24-28(2)26-34(25-27)30-14-16-31(17-15-30)42-36-8-4-6-10-38(36)45(39-11-7-5-9-37(39)42)41-23-20-33-18-21-35-29(3)12-13-32-19-22-40(41)44(33)43(32)35/h4-26H,1-3H3. The Morgan fingerprint density at radius 2 is 0.822 bits per heavy atom. The highest BCUT2D eigenvalue weighted by Crippen LogP contribution is 2.47. The smallest absolute Gasteiger partial charge is 0.00201 e. The van der Waals surface area contributed by atoms with E-state index in [-0.39, 0.29) is 0 Å². The molecule has 0 aliphatic rings. The first-order valence-electron chi connectivity index (χ1n) is 15.9. The predicted molar refractivity (Wildman–Crippen MR) is 196 cm³/mol. The number of rotatable bonds is 3. The van der Waals surface area contributed by atoms with Crippen LogP contribution < -0.4 is 0 Å². The molecule has 0 unspecified atom stereocenters. The minimum Gasteiger partial charge on any atom is -0.0616 e. The van der Waals surface area contributed by atoms with Crippen LogP contribution in [0.1, 0.15) is 16.7 Å². The van der Waals surface area contributed by atoms with Gasteiger partial charge in [0.1, 0.15) is 0 Å². The number of hydrogen-bond donors (Lipinski definition) is 0. The van der Waals surface area contributed by atoms with E-state index in [0.717, 1.165) is 0 Å². The van der Waals surface area contributed by atoms with E-state index in [4.69, 9.17) is 0 Å². The number of aryl methyl sites for hydroxylation is 3. The molecule has 9 aromatic rings. The van der Waals surface area contributed by atoms with Crippen molar-refractivity contribution in [1.29, 1.82) is 0 Å². The van der Waals surface area contributed by atoms with Gasteiger partial charge in [-0.15, -0.1) is 0 Å². The minimum atomic E-state index is 1.24. The molecule has 0 spiro atoms. The highest BCUT2D eigenvalue weighted by Gasteiger charge is 2.19. The van der Waals surface area contributed by atoms with Gasteiger partial charge in [-0.2, -0.15) is 0 Å². The molecule has 0 heterocycles. The monoisotopic (exact) mass is 572 g/mol. The van der Waals surface area contributed by atoms with Crippen LogP contribution in [0, 0.1) is 20.8 Å². The molecule has 0 amide bonds. The van der Waals surface area contributed by atoms with Crippen LogP contribution in [0.15, 0.2) is 140 Å². The quantitative estimate of drug-likeness (QED) is 0.146. The Bertz CT molecular complexity index is 2520. The van der Waals surface area contributed by atoms with Gasteiger partial charge >= 0.3 is 0 Å². The summed E-state index contributed by atoms with van der Waals surface area (Å²) in [6.07, 6.45) is 0. The van der Waals surface area contributed by atoms with Crippen LogP contribution in [0.3, 0.4) is 0 Å². The number of fused-ring (bicyclic) bond motifs is 2. The Kier molecular flexibility index (Phi) is 5.64. The molecule has 0 atom stereocenters. The molecule has 212 valence electrons. The second kappa shape index (κ2) is 9.78. The van der Waals surface area contributed by atoms with Gasteiger partial charge in [-0.25, -0.2) is 0 Å². The van der Waals surface area contributed by atoms with Gasteiger partial charge in [0.25, 0.3) is 0 Å². The average molecular weight is 573 g/mol. The molecule has 9 aromatic carbocycles. The zero-order chi connectivity index (χ0) is 30.2. The van der Waals surface area contributed by atoms with Gasteiger partial charge in [0.2, 0.25) is 0 Å². The normalized spacial score (nSPS) is 11.9. The fourth-order valence-electron chi connectivity index (χ4n) is 7.87. The number of benzene rings is 9. The topological polar surface area (TPSA) is 0 Å². The molecule has 45 heavy (non-hydrogen) atoms. The van der Waals surface area contributed by atoms with Crippen LogP contribution in [-0.4, -0.2) is 0 Å².